The Morgan fingerprint density at radius 2 is 1.75 bits per heavy atom. The fraction of sp³-hybridized carbons (Fsp3) is 0.294. The average Bonchev–Trinajstić information content (AvgIpc) is 2.46. The van der Waals surface area contributed by atoms with E-state index < -0.39 is 0 Å². The second kappa shape index (κ2) is 7.32. The molecule has 0 aliphatic heterocycles. The fourth-order valence-corrected chi connectivity index (χ4v) is 2.32. The summed E-state index contributed by atoms with van der Waals surface area (Å²) in [5.74, 6) is 0.756. The Kier molecular flexibility index (Phi) is 5.45. The van der Waals surface area contributed by atoms with Crippen LogP contribution < -0.4 is 4.74 Å². The lowest BCUT2D eigenvalue weighted by Gasteiger charge is -2.13. The lowest BCUT2D eigenvalue weighted by atomic mass is 10.1. The fourth-order valence-electron chi connectivity index (χ4n) is 2.03. The largest absolute Gasteiger partial charge is 0.492 e. The van der Waals surface area contributed by atoms with Crippen molar-refractivity contribution in [3.05, 3.63) is 53.6 Å². The predicted octanol–water partition coefficient (Wildman–Crippen LogP) is 4.34. The molecule has 0 fully saturated rings. The van der Waals surface area contributed by atoms with Crippen LogP contribution in [0.5, 0.6) is 5.75 Å². The molecular formula is C17H20ClNO. The van der Waals surface area contributed by atoms with Crippen molar-refractivity contribution in [3.63, 3.8) is 0 Å². The molecule has 0 aliphatic rings. The second-order valence-corrected chi connectivity index (χ2v) is 5.37. The van der Waals surface area contributed by atoms with Crippen LogP contribution in [-0.2, 0) is 0 Å². The summed E-state index contributed by atoms with van der Waals surface area (Å²) >= 11 is 6.45. The third kappa shape index (κ3) is 3.99. The Labute approximate surface area is 125 Å². The van der Waals surface area contributed by atoms with Crippen LogP contribution in [0.3, 0.4) is 0 Å². The molecular weight excluding hydrogens is 270 g/mol. The molecule has 0 saturated heterocycles. The topological polar surface area (TPSA) is 12.5 Å². The molecule has 0 spiro atoms. The van der Waals surface area contributed by atoms with E-state index in [4.69, 9.17) is 16.3 Å². The Morgan fingerprint density at radius 3 is 2.45 bits per heavy atom. The van der Waals surface area contributed by atoms with Crippen molar-refractivity contribution >= 4 is 11.6 Å². The summed E-state index contributed by atoms with van der Waals surface area (Å²) in [5, 5.41) is 0.684. The summed E-state index contributed by atoms with van der Waals surface area (Å²) in [5.41, 5.74) is 2.12. The lowest BCUT2D eigenvalue weighted by molar-refractivity contribution is 0.282. The number of ether oxygens (including phenoxy) is 1. The lowest BCUT2D eigenvalue weighted by Crippen LogP contribution is -2.15. The van der Waals surface area contributed by atoms with Gasteiger partial charge in [0.15, 0.2) is 0 Å². The maximum Gasteiger partial charge on any atom is 0.138 e. The molecule has 3 heteroatoms. The van der Waals surface area contributed by atoms with Gasteiger partial charge < -0.3 is 9.64 Å². The first kappa shape index (κ1) is 14.9. The van der Waals surface area contributed by atoms with Crippen LogP contribution in [0.4, 0.5) is 0 Å². The van der Waals surface area contributed by atoms with Gasteiger partial charge in [0, 0.05) is 12.1 Å². The minimum absolute atomic E-state index is 0.677. The van der Waals surface area contributed by atoms with Crippen molar-refractivity contribution < 1.29 is 4.74 Å². The van der Waals surface area contributed by atoms with Crippen LogP contribution in [0.1, 0.15) is 6.42 Å². The molecule has 2 aromatic rings. The molecule has 0 saturated carbocycles. The number of rotatable bonds is 6. The molecule has 0 amide bonds. The summed E-state index contributed by atoms with van der Waals surface area (Å²) in [4.78, 5) is 2.14. The Balaban J connectivity index is 2.08. The van der Waals surface area contributed by atoms with E-state index in [1.807, 2.05) is 36.4 Å². The zero-order valence-corrected chi connectivity index (χ0v) is 12.7. The van der Waals surface area contributed by atoms with Gasteiger partial charge in [0.1, 0.15) is 5.75 Å². The first-order chi connectivity index (χ1) is 9.68. The van der Waals surface area contributed by atoms with E-state index in [2.05, 4.69) is 31.1 Å². The van der Waals surface area contributed by atoms with Crippen molar-refractivity contribution in [3.8, 4) is 16.9 Å². The van der Waals surface area contributed by atoms with Gasteiger partial charge in [-0.05, 0) is 32.1 Å². The molecule has 0 aliphatic carbocycles. The molecule has 0 heterocycles. The highest BCUT2D eigenvalue weighted by molar-refractivity contribution is 6.34. The van der Waals surface area contributed by atoms with Crippen LogP contribution in [0.25, 0.3) is 11.1 Å². The highest BCUT2D eigenvalue weighted by atomic mass is 35.5. The van der Waals surface area contributed by atoms with Gasteiger partial charge in [-0.2, -0.15) is 0 Å². The minimum atomic E-state index is 0.677. The maximum absolute atomic E-state index is 6.45. The number of benzene rings is 2. The first-order valence-electron chi connectivity index (χ1n) is 6.80. The number of halogens is 1. The zero-order valence-electron chi connectivity index (χ0n) is 12.0. The van der Waals surface area contributed by atoms with Crippen molar-refractivity contribution in [2.75, 3.05) is 27.2 Å². The van der Waals surface area contributed by atoms with E-state index in [0.717, 1.165) is 29.8 Å². The van der Waals surface area contributed by atoms with Crippen LogP contribution in [0, 0.1) is 0 Å². The summed E-state index contributed by atoms with van der Waals surface area (Å²) in [6.45, 7) is 1.69. The van der Waals surface area contributed by atoms with Crippen molar-refractivity contribution in [2.45, 2.75) is 6.42 Å². The minimum Gasteiger partial charge on any atom is -0.492 e. The SMILES string of the molecule is CN(C)CCCOc1cccc(-c2ccccc2)c1Cl. The molecule has 0 N–H and O–H groups in total. The summed E-state index contributed by atoms with van der Waals surface area (Å²) in [6, 6.07) is 16.0. The van der Waals surface area contributed by atoms with Crippen molar-refractivity contribution in [1.29, 1.82) is 0 Å². The van der Waals surface area contributed by atoms with E-state index >= 15 is 0 Å². The Hall–Kier alpha value is -1.51. The van der Waals surface area contributed by atoms with Gasteiger partial charge in [-0.15, -0.1) is 0 Å². The monoisotopic (exact) mass is 289 g/mol. The highest BCUT2D eigenvalue weighted by Crippen LogP contribution is 2.35. The molecule has 2 rings (SSSR count). The molecule has 106 valence electrons. The van der Waals surface area contributed by atoms with Crippen molar-refractivity contribution in [2.24, 2.45) is 0 Å². The van der Waals surface area contributed by atoms with Gasteiger partial charge in [-0.1, -0.05) is 54.1 Å². The van der Waals surface area contributed by atoms with Gasteiger partial charge in [-0.25, -0.2) is 0 Å². The van der Waals surface area contributed by atoms with E-state index in [0.29, 0.717) is 11.6 Å². The molecule has 0 aromatic heterocycles. The standard InChI is InChI=1S/C17H20ClNO/c1-19(2)12-7-13-20-16-11-6-10-15(17(16)18)14-8-4-3-5-9-14/h3-6,8-11H,7,12-13H2,1-2H3. The average molecular weight is 290 g/mol. The van der Waals surface area contributed by atoms with Gasteiger partial charge >= 0.3 is 0 Å². The highest BCUT2D eigenvalue weighted by Gasteiger charge is 2.08. The quantitative estimate of drug-likeness (QED) is 0.734. The molecule has 0 unspecified atom stereocenters. The van der Waals surface area contributed by atoms with Crippen molar-refractivity contribution in [1.82, 2.24) is 4.90 Å². The summed E-state index contributed by atoms with van der Waals surface area (Å²) in [7, 11) is 4.12. The number of nitrogens with zero attached hydrogens (tertiary/aromatic N) is 1. The van der Waals surface area contributed by atoms with Crippen LogP contribution in [-0.4, -0.2) is 32.1 Å². The van der Waals surface area contributed by atoms with Gasteiger partial charge in [0.05, 0.1) is 11.6 Å². The summed E-state index contributed by atoms with van der Waals surface area (Å²) < 4.78 is 5.79. The Morgan fingerprint density at radius 1 is 1.00 bits per heavy atom. The molecule has 0 radical (unpaired) electrons. The normalized spacial score (nSPS) is 10.8. The molecule has 20 heavy (non-hydrogen) atoms. The molecule has 0 bridgehead atoms. The van der Waals surface area contributed by atoms with Crippen LogP contribution in [0.15, 0.2) is 48.5 Å². The third-order valence-electron chi connectivity index (χ3n) is 3.06. The van der Waals surface area contributed by atoms with E-state index in [1.165, 1.54) is 0 Å². The third-order valence-corrected chi connectivity index (χ3v) is 3.45. The number of hydrogen-bond acceptors (Lipinski definition) is 2. The first-order valence-corrected chi connectivity index (χ1v) is 7.18. The van der Waals surface area contributed by atoms with E-state index in [9.17, 15) is 0 Å². The molecule has 0 atom stereocenters. The zero-order chi connectivity index (χ0) is 14.4. The van der Waals surface area contributed by atoms with Crippen LogP contribution >= 0.6 is 11.6 Å². The Bertz CT molecular complexity index is 540. The van der Waals surface area contributed by atoms with Crippen LogP contribution in [0.2, 0.25) is 5.02 Å². The predicted molar refractivity (Wildman–Crippen MR) is 85.6 cm³/mol. The number of hydrogen-bond donors (Lipinski definition) is 0. The van der Waals surface area contributed by atoms with Gasteiger partial charge in [0.25, 0.3) is 0 Å². The second-order valence-electron chi connectivity index (χ2n) is 4.99. The summed E-state index contributed by atoms with van der Waals surface area (Å²) in [6.07, 6.45) is 0.985. The van der Waals surface area contributed by atoms with E-state index in [1.54, 1.807) is 0 Å². The molecule has 2 nitrogen and oxygen atoms in total. The van der Waals surface area contributed by atoms with Gasteiger partial charge in [0.2, 0.25) is 0 Å². The van der Waals surface area contributed by atoms with Gasteiger partial charge in [-0.3, -0.25) is 0 Å². The van der Waals surface area contributed by atoms with E-state index in [-0.39, 0.29) is 0 Å². The smallest absolute Gasteiger partial charge is 0.138 e. The maximum atomic E-state index is 6.45. The molecule has 2 aromatic carbocycles.